The Labute approximate surface area is 146 Å². The van der Waals surface area contributed by atoms with E-state index in [9.17, 15) is 9.59 Å². The van der Waals surface area contributed by atoms with Gasteiger partial charge in [0.05, 0.1) is 4.75 Å². The number of carbonyl (C=O) groups is 2. The molecule has 1 aliphatic rings. The van der Waals surface area contributed by atoms with Crippen molar-refractivity contribution in [2.75, 3.05) is 12.3 Å². The van der Waals surface area contributed by atoms with Crippen molar-refractivity contribution >= 4 is 34.5 Å². The molecule has 6 heteroatoms. The lowest BCUT2D eigenvalue weighted by molar-refractivity contribution is -0.129. The van der Waals surface area contributed by atoms with Crippen LogP contribution in [-0.2, 0) is 16.1 Å². The summed E-state index contributed by atoms with van der Waals surface area (Å²) >= 11 is 1.53. The van der Waals surface area contributed by atoms with Crippen LogP contribution in [0.5, 0.6) is 0 Å². The molecule has 0 saturated carbocycles. The zero-order valence-corrected chi connectivity index (χ0v) is 14.9. The van der Waals surface area contributed by atoms with Crippen molar-refractivity contribution in [1.29, 1.82) is 0 Å². The highest BCUT2D eigenvalue weighted by molar-refractivity contribution is 8.01. The first-order chi connectivity index (χ1) is 11.5. The van der Waals surface area contributed by atoms with Gasteiger partial charge in [-0.2, -0.15) is 0 Å². The number of thioether (sulfide) groups is 1. The Hall–Kier alpha value is -1.95. The minimum atomic E-state index is -0.452. The van der Waals surface area contributed by atoms with E-state index in [0.29, 0.717) is 12.3 Å². The number of aromatic nitrogens is 1. The summed E-state index contributed by atoms with van der Waals surface area (Å²) in [7, 11) is 0. The van der Waals surface area contributed by atoms with Crippen molar-refractivity contribution in [2.24, 2.45) is 0 Å². The molecular weight excluding hydrogens is 322 g/mol. The minimum absolute atomic E-state index is 0.0716. The largest absolute Gasteiger partial charge is 0.354 e. The molecule has 1 atom stereocenters. The quantitative estimate of drug-likeness (QED) is 0.816. The summed E-state index contributed by atoms with van der Waals surface area (Å²) in [6.45, 7) is 5.21. The number of fused-ring (bicyclic) bond motifs is 1. The Morgan fingerprint density at radius 2 is 2.17 bits per heavy atom. The summed E-state index contributed by atoms with van der Waals surface area (Å²) in [6.07, 6.45) is 2.93. The molecule has 0 unspecified atom stereocenters. The first-order valence-electron chi connectivity index (χ1n) is 8.24. The molecule has 1 aliphatic heterocycles. The van der Waals surface area contributed by atoms with E-state index in [4.69, 9.17) is 0 Å². The molecule has 2 aromatic rings. The van der Waals surface area contributed by atoms with Gasteiger partial charge in [-0.05, 0) is 37.8 Å². The molecule has 1 aromatic carbocycles. The topological polar surface area (TPSA) is 63.1 Å². The summed E-state index contributed by atoms with van der Waals surface area (Å²) < 4.78 is 1.74. The van der Waals surface area contributed by atoms with E-state index in [0.717, 1.165) is 13.0 Å². The Balaban J connectivity index is 1.45. The number of para-hydroxylation sites is 1. The van der Waals surface area contributed by atoms with Crippen LogP contribution in [-0.4, -0.2) is 39.5 Å². The van der Waals surface area contributed by atoms with Gasteiger partial charge in [-0.25, -0.2) is 0 Å². The first-order valence-corrected chi connectivity index (χ1v) is 9.22. The van der Waals surface area contributed by atoms with E-state index < -0.39 is 10.8 Å². The maximum Gasteiger partial charge on any atom is 0.243 e. The van der Waals surface area contributed by atoms with Gasteiger partial charge in [-0.3, -0.25) is 9.59 Å². The van der Waals surface area contributed by atoms with Gasteiger partial charge in [0.2, 0.25) is 11.8 Å². The molecule has 0 aliphatic carbocycles. The number of benzene rings is 1. The van der Waals surface area contributed by atoms with E-state index in [1.807, 2.05) is 26.0 Å². The number of hydrogen-bond donors (Lipinski definition) is 2. The van der Waals surface area contributed by atoms with Crippen LogP contribution in [0.1, 0.15) is 20.3 Å². The number of carbonyl (C=O) groups excluding carboxylic acids is 2. The van der Waals surface area contributed by atoms with Crippen LogP contribution in [0.4, 0.5) is 0 Å². The van der Waals surface area contributed by atoms with Crippen LogP contribution in [0.25, 0.3) is 10.9 Å². The summed E-state index contributed by atoms with van der Waals surface area (Å²) in [4.78, 5) is 24.1. The summed E-state index contributed by atoms with van der Waals surface area (Å²) in [5, 5.41) is 6.97. The first kappa shape index (κ1) is 16.9. The lowest BCUT2D eigenvalue weighted by atomic mass is 10.1. The van der Waals surface area contributed by atoms with Crippen molar-refractivity contribution in [3.63, 3.8) is 0 Å². The average Bonchev–Trinajstić information content (AvgIpc) is 2.97. The van der Waals surface area contributed by atoms with Gasteiger partial charge in [0.25, 0.3) is 0 Å². The molecule has 0 radical (unpaired) electrons. The normalized spacial score (nSPS) is 19.9. The average molecular weight is 345 g/mol. The summed E-state index contributed by atoms with van der Waals surface area (Å²) in [5.41, 5.74) is 1.21. The molecule has 2 heterocycles. The Kier molecular flexibility index (Phi) is 4.85. The number of nitrogens with zero attached hydrogens (tertiary/aromatic N) is 1. The molecule has 2 amide bonds. The third kappa shape index (κ3) is 3.59. The molecule has 3 rings (SSSR count). The van der Waals surface area contributed by atoms with Gasteiger partial charge in [0.15, 0.2) is 0 Å². The summed E-state index contributed by atoms with van der Waals surface area (Å²) in [6, 6.07) is 9.94. The van der Waals surface area contributed by atoms with Crippen molar-refractivity contribution in [1.82, 2.24) is 15.2 Å². The zero-order chi connectivity index (χ0) is 17.2. The number of amides is 2. The fraction of sp³-hybridized carbons (Fsp3) is 0.444. The predicted octanol–water partition coefficient (Wildman–Crippen LogP) is 2.16. The van der Waals surface area contributed by atoms with E-state index in [-0.39, 0.29) is 11.8 Å². The molecule has 24 heavy (non-hydrogen) atoms. The van der Waals surface area contributed by atoms with E-state index in [1.54, 1.807) is 0 Å². The van der Waals surface area contributed by atoms with Crippen molar-refractivity contribution < 1.29 is 9.59 Å². The number of aryl methyl sites for hydroxylation is 1. The van der Waals surface area contributed by atoms with Crippen LogP contribution in [0.3, 0.4) is 0 Å². The molecule has 1 aromatic heterocycles. The summed E-state index contributed by atoms with van der Waals surface area (Å²) in [5.74, 6) is 0.453. The number of rotatable bonds is 5. The van der Waals surface area contributed by atoms with Gasteiger partial charge >= 0.3 is 0 Å². The zero-order valence-electron chi connectivity index (χ0n) is 14.0. The highest BCUT2D eigenvalue weighted by atomic mass is 32.2. The molecular formula is C18H23N3O2S. The number of nitrogens with one attached hydrogen (secondary N) is 2. The van der Waals surface area contributed by atoms with Crippen LogP contribution in [0, 0.1) is 0 Å². The van der Waals surface area contributed by atoms with E-state index in [1.165, 1.54) is 22.7 Å². The molecule has 1 fully saturated rings. The lowest BCUT2D eigenvalue weighted by Crippen LogP contribution is -2.57. The van der Waals surface area contributed by atoms with Gasteiger partial charge in [0.1, 0.15) is 6.04 Å². The van der Waals surface area contributed by atoms with Crippen LogP contribution >= 0.6 is 11.8 Å². The standard InChI is InChI=1S/C18H23N3O2S/c1-18(2)17(23)20-14(12-24-18)16(22)19-9-5-10-21-11-8-13-6-3-4-7-15(13)21/h3-4,6-8,11,14H,5,9-10,12H2,1-2H3,(H,19,22)(H,20,23)/t14-/m1/s1. The maximum absolute atomic E-state index is 12.2. The van der Waals surface area contributed by atoms with Gasteiger partial charge < -0.3 is 15.2 Å². The Bertz CT molecular complexity index is 754. The predicted molar refractivity (Wildman–Crippen MR) is 98.0 cm³/mol. The molecule has 128 valence electrons. The second kappa shape index (κ2) is 6.89. The molecule has 1 saturated heterocycles. The maximum atomic E-state index is 12.2. The molecule has 0 spiro atoms. The smallest absolute Gasteiger partial charge is 0.243 e. The minimum Gasteiger partial charge on any atom is -0.354 e. The highest BCUT2D eigenvalue weighted by Crippen LogP contribution is 2.28. The van der Waals surface area contributed by atoms with Gasteiger partial charge in [-0.1, -0.05) is 18.2 Å². The monoisotopic (exact) mass is 345 g/mol. The molecule has 5 nitrogen and oxygen atoms in total. The highest BCUT2D eigenvalue weighted by Gasteiger charge is 2.37. The van der Waals surface area contributed by atoms with Gasteiger partial charge in [0, 0.05) is 30.6 Å². The Morgan fingerprint density at radius 1 is 1.38 bits per heavy atom. The van der Waals surface area contributed by atoms with Crippen molar-refractivity contribution in [2.45, 2.75) is 37.6 Å². The van der Waals surface area contributed by atoms with Gasteiger partial charge in [-0.15, -0.1) is 11.8 Å². The second-order valence-corrected chi connectivity index (χ2v) is 8.20. The Morgan fingerprint density at radius 3 is 2.96 bits per heavy atom. The SMILES string of the molecule is CC1(C)SC[C@H](C(=O)NCCCn2ccc3ccccc32)NC1=O. The molecule has 0 bridgehead atoms. The van der Waals surface area contributed by atoms with Crippen LogP contribution < -0.4 is 10.6 Å². The fourth-order valence-electron chi connectivity index (χ4n) is 2.79. The molecule has 2 N–H and O–H groups in total. The van der Waals surface area contributed by atoms with Crippen molar-refractivity contribution in [3.8, 4) is 0 Å². The third-order valence-corrected chi connectivity index (χ3v) is 5.74. The van der Waals surface area contributed by atoms with Crippen molar-refractivity contribution in [3.05, 3.63) is 36.5 Å². The third-order valence-electron chi connectivity index (χ3n) is 4.33. The fourth-order valence-corrected chi connectivity index (χ4v) is 3.80. The second-order valence-electron chi connectivity index (χ2n) is 6.56. The van der Waals surface area contributed by atoms with Crippen LogP contribution in [0.2, 0.25) is 0 Å². The van der Waals surface area contributed by atoms with E-state index in [2.05, 4.69) is 39.6 Å². The lowest BCUT2D eigenvalue weighted by Gasteiger charge is -2.32. The van der Waals surface area contributed by atoms with E-state index >= 15 is 0 Å². The number of hydrogen-bond acceptors (Lipinski definition) is 3. The van der Waals surface area contributed by atoms with Crippen LogP contribution in [0.15, 0.2) is 36.5 Å².